The van der Waals surface area contributed by atoms with Crippen molar-refractivity contribution in [3.63, 3.8) is 0 Å². The lowest BCUT2D eigenvalue weighted by molar-refractivity contribution is -0.170. The molecule has 0 bridgehead atoms. The second kappa shape index (κ2) is 6.90. The number of alkyl halides is 1. The van der Waals surface area contributed by atoms with Gasteiger partial charge in [0.25, 0.3) is 0 Å². The molecule has 5 heteroatoms. The maximum absolute atomic E-state index is 11.8. The van der Waals surface area contributed by atoms with Crippen molar-refractivity contribution >= 4 is 34.5 Å². The molecule has 1 aliphatic carbocycles. The van der Waals surface area contributed by atoms with Crippen molar-refractivity contribution in [3.8, 4) is 0 Å². The Balaban J connectivity index is 2.42. The highest BCUT2D eigenvalue weighted by Gasteiger charge is 2.36. The number of carbonyl (C=O) groups excluding carboxylic acids is 2. The van der Waals surface area contributed by atoms with Crippen molar-refractivity contribution < 1.29 is 19.1 Å². The van der Waals surface area contributed by atoms with Gasteiger partial charge in [0.2, 0.25) is 0 Å². The third-order valence-electron chi connectivity index (χ3n) is 3.90. The Morgan fingerprint density at radius 1 is 1.26 bits per heavy atom. The highest BCUT2D eigenvalue weighted by atomic mass is 127. The molecule has 0 heterocycles. The van der Waals surface area contributed by atoms with E-state index in [1.807, 2.05) is 36.4 Å². The van der Waals surface area contributed by atoms with Crippen molar-refractivity contribution in [3.05, 3.63) is 0 Å². The van der Waals surface area contributed by atoms with Crippen LogP contribution in [0.2, 0.25) is 0 Å². The topological polar surface area (TPSA) is 52.6 Å². The first-order valence-corrected chi connectivity index (χ1v) is 8.01. The Labute approximate surface area is 128 Å². The summed E-state index contributed by atoms with van der Waals surface area (Å²) in [4.78, 5) is 23.5. The molecule has 1 rings (SSSR count). The van der Waals surface area contributed by atoms with Crippen molar-refractivity contribution in [2.45, 2.75) is 68.3 Å². The molecule has 0 unspecified atom stereocenters. The molecule has 0 aromatic carbocycles. The number of carbonyl (C=O) groups is 2. The first-order valence-electron chi connectivity index (χ1n) is 6.93. The Morgan fingerprint density at radius 3 is 2.32 bits per heavy atom. The number of rotatable bonds is 6. The minimum atomic E-state index is -0.576. The van der Waals surface area contributed by atoms with Gasteiger partial charge in [0.05, 0.1) is 0 Å². The lowest BCUT2D eigenvalue weighted by atomic mass is 9.99. The summed E-state index contributed by atoms with van der Waals surface area (Å²) in [7, 11) is 0. The molecule has 0 radical (unpaired) electrons. The second-order valence-electron chi connectivity index (χ2n) is 5.34. The van der Waals surface area contributed by atoms with Crippen molar-refractivity contribution in [2.75, 3.05) is 6.61 Å². The molecule has 0 aliphatic heterocycles. The van der Waals surface area contributed by atoms with E-state index in [0.29, 0.717) is 6.42 Å². The van der Waals surface area contributed by atoms with Gasteiger partial charge in [-0.25, -0.2) is 4.79 Å². The SMILES string of the molecule is CCC1(OC(=O)COC(=O)[C@@](C)(I)CC)CCCC1. The highest BCUT2D eigenvalue weighted by molar-refractivity contribution is 14.1. The van der Waals surface area contributed by atoms with Gasteiger partial charge in [-0.3, -0.25) is 4.79 Å². The Kier molecular flexibility index (Phi) is 6.08. The molecule has 0 saturated heterocycles. The summed E-state index contributed by atoms with van der Waals surface area (Å²) >= 11 is 2.05. The molecule has 1 fully saturated rings. The first kappa shape index (κ1) is 16.7. The highest BCUT2D eigenvalue weighted by Crippen LogP contribution is 2.36. The quantitative estimate of drug-likeness (QED) is 0.402. The molecule has 0 aromatic rings. The van der Waals surface area contributed by atoms with E-state index in [2.05, 4.69) is 0 Å². The molecule has 0 N–H and O–H groups in total. The minimum Gasteiger partial charge on any atom is -0.457 e. The normalized spacial score (nSPS) is 20.6. The fourth-order valence-electron chi connectivity index (χ4n) is 2.24. The standard InChI is InChI=1S/C14H23IO4/c1-4-13(3,15)12(17)18-10-11(16)19-14(5-2)8-6-7-9-14/h4-10H2,1-3H3/t13-/m0/s1. The van der Waals surface area contributed by atoms with Gasteiger partial charge in [-0.2, -0.15) is 0 Å². The molecule has 110 valence electrons. The van der Waals surface area contributed by atoms with Gasteiger partial charge in [0.1, 0.15) is 9.02 Å². The largest absolute Gasteiger partial charge is 0.457 e. The predicted molar refractivity (Wildman–Crippen MR) is 81.3 cm³/mol. The van der Waals surface area contributed by atoms with Gasteiger partial charge in [0, 0.05) is 0 Å². The van der Waals surface area contributed by atoms with Crippen LogP contribution in [-0.4, -0.2) is 27.6 Å². The summed E-state index contributed by atoms with van der Waals surface area (Å²) in [6.07, 6.45) is 5.53. The molecule has 1 saturated carbocycles. The summed E-state index contributed by atoms with van der Waals surface area (Å²) in [5, 5.41) is 0. The number of ether oxygens (including phenoxy) is 2. The molecule has 1 aliphatic rings. The van der Waals surface area contributed by atoms with Crippen LogP contribution in [-0.2, 0) is 19.1 Å². The van der Waals surface area contributed by atoms with E-state index in [1.54, 1.807) is 6.92 Å². The zero-order valence-electron chi connectivity index (χ0n) is 12.0. The Hall–Kier alpha value is -0.330. The Bertz CT molecular complexity index is 332. The lowest BCUT2D eigenvalue weighted by Crippen LogP contribution is -2.35. The molecule has 0 aromatic heterocycles. The van der Waals surface area contributed by atoms with Gasteiger partial charge in [-0.05, 0) is 45.4 Å². The predicted octanol–water partition coefficient (Wildman–Crippen LogP) is 3.40. The number of halogens is 1. The van der Waals surface area contributed by atoms with E-state index < -0.39 is 9.39 Å². The zero-order chi connectivity index (χ0) is 14.5. The molecule has 0 amide bonds. The van der Waals surface area contributed by atoms with Gasteiger partial charge in [-0.1, -0.05) is 36.4 Å². The number of hydrogen-bond donors (Lipinski definition) is 0. The molecule has 4 nitrogen and oxygen atoms in total. The zero-order valence-corrected chi connectivity index (χ0v) is 14.1. The van der Waals surface area contributed by atoms with Crippen LogP contribution in [0.5, 0.6) is 0 Å². The third kappa shape index (κ3) is 4.61. The minimum absolute atomic E-state index is 0.279. The van der Waals surface area contributed by atoms with Gasteiger partial charge >= 0.3 is 11.9 Å². The van der Waals surface area contributed by atoms with E-state index in [4.69, 9.17) is 9.47 Å². The van der Waals surface area contributed by atoms with Crippen LogP contribution >= 0.6 is 22.6 Å². The Morgan fingerprint density at radius 2 is 1.84 bits per heavy atom. The molecule has 0 spiro atoms. The third-order valence-corrected chi connectivity index (χ3v) is 5.10. The van der Waals surface area contributed by atoms with Crippen LogP contribution in [0.15, 0.2) is 0 Å². The van der Waals surface area contributed by atoms with E-state index in [1.165, 1.54) is 0 Å². The fraction of sp³-hybridized carbons (Fsp3) is 0.857. The second-order valence-corrected chi connectivity index (χ2v) is 7.73. The van der Waals surface area contributed by atoms with Crippen LogP contribution in [0, 0.1) is 0 Å². The summed E-state index contributed by atoms with van der Waals surface area (Å²) in [6.45, 7) is 5.46. The summed E-state index contributed by atoms with van der Waals surface area (Å²) in [6, 6.07) is 0. The van der Waals surface area contributed by atoms with Crippen molar-refractivity contribution in [1.82, 2.24) is 0 Å². The molecular formula is C14H23IO4. The number of esters is 2. The van der Waals surface area contributed by atoms with Crippen LogP contribution in [0.3, 0.4) is 0 Å². The summed E-state index contributed by atoms with van der Waals surface area (Å²) in [5.74, 6) is -0.787. The van der Waals surface area contributed by atoms with Crippen LogP contribution in [0.25, 0.3) is 0 Å². The van der Waals surface area contributed by atoms with E-state index in [-0.39, 0.29) is 18.2 Å². The van der Waals surface area contributed by atoms with Crippen molar-refractivity contribution in [2.24, 2.45) is 0 Å². The van der Waals surface area contributed by atoms with Crippen molar-refractivity contribution in [1.29, 1.82) is 0 Å². The molecule has 1 atom stereocenters. The average molecular weight is 382 g/mol. The van der Waals surface area contributed by atoms with Crippen LogP contribution in [0.1, 0.15) is 59.3 Å². The number of hydrogen-bond acceptors (Lipinski definition) is 4. The van der Waals surface area contributed by atoms with E-state index in [0.717, 1.165) is 32.1 Å². The smallest absolute Gasteiger partial charge is 0.344 e. The first-order chi connectivity index (χ1) is 8.85. The summed E-state index contributed by atoms with van der Waals surface area (Å²) < 4.78 is 9.99. The maximum Gasteiger partial charge on any atom is 0.344 e. The lowest BCUT2D eigenvalue weighted by Gasteiger charge is -2.27. The maximum atomic E-state index is 11.8. The monoisotopic (exact) mass is 382 g/mol. The van der Waals surface area contributed by atoms with Gasteiger partial charge in [-0.15, -0.1) is 0 Å². The van der Waals surface area contributed by atoms with E-state index in [9.17, 15) is 9.59 Å². The average Bonchev–Trinajstić information content (AvgIpc) is 2.84. The van der Waals surface area contributed by atoms with E-state index >= 15 is 0 Å². The van der Waals surface area contributed by atoms with Crippen LogP contribution < -0.4 is 0 Å². The fourth-order valence-corrected chi connectivity index (χ4v) is 2.39. The van der Waals surface area contributed by atoms with Crippen LogP contribution in [0.4, 0.5) is 0 Å². The van der Waals surface area contributed by atoms with Gasteiger partial charge in [0.15, 0.2) is 6.61 Å². The van der Waals surface area contributed by atoms with Gasteiger partial charge < -0.3 is 9.47 Å². The molecular weight excluding hydrogens is 359 g/mol. The summed E-state index contributed by atoms with van der Waals surface area (Å²) in [5.41, 5.74) is -0.318. The molecule has 19 heavy (non-hydrogen) atoms.